The fourth-order valence-electron chi connectivity index (χ4n) is 3.79. The van der Waals surface area contributed by atoms with Gasteiger partial charge in [0, 0.05) is 17.6 Å². The Balaban J connectivity index is 1.89. The topological polar surface area (TPSA) is 103 Å². The van der Waals surface area contributed by atoms with Gasteiger partial charge in [0.15, 0.2) is 11.5 Å². The minimum absolute atomic E-state index is 0.0570. The molecule has 0 aliphatic heterocycles. The van der Waals surface area contributed by atoms with E-state index in [9.17, 15) is 22.8 Å². The number of halogens is 3. The molecule has 0 spiro atoms. The Hall–Kier alpha value is -4.21. The molecule has 0 saturated heterocycles. The van der Waals surface area contributed by atoms with E-state index in [-0.39, 0.29) is 22.6 Å². The molecular weight excluding hydrogens is 447 g/mol. The van der Waals surface area contributed by atoms with Crippen LogP contribution in [0.5, 0.6) is 0 Å². The number of nitrogens with two attached hydrogens (primary N) is 1. The van der Waals surface area contributed by atoms with Crippen LogP contribution in [0, 0.1) is 6.92 Å². The van der Waals surface area contributed by atoms with Crippen LogP contribution in [-0.4, -0.2) is 20.4 Å². The largest absolute Gasteiger partial charge is 0.417 e. The van der Waals surface area contributed by atoms with Crippen molar-refractivity contribution in [2.45, 2.75) is 26.1 Å². The zero-order chi connectivity index (χ0) is 24.6. The molecule has 1 atom stereocenters. The minimum atomic E-state index is -4.71. The quantitative estimate of drug-likeness (QED) is 0.469. The summed E-state index contributed by atoms with van der Waals surface area (Å²) >= 11 is 0. The van der Waals surface area contributed by atoms with Crippen molar-refractivity contribution in [2.24, 2.45) is 0 Å². The molecule has 0 radical (unpaired) electrons. The Morgan fingerprint density at radius 1 is 1.12 bits per heavy atom. The summed E-state index contributed by atoms with van der Waals surface area (Å²) in [6.45, 7) is 3.29. The molecule has 0 fully saturated rings. The Morgan fingerprint density at radius 3 is 2.47 bits per heavy atom. The van der Waals surface area contributed by atoms with Crippen molar-refractivity contribution in [3.05, 3.63) is 93.8 Å². The number of carbonyl (C=O) groups excluding carboxylic acids is 1. The Kier molecular flexibility index (Phi) is 5.82. The van der Waals surface area contributed by atoms with Gasteiger partial charge in [0.2, 0.25) is 0 Å². The van der Waals surface area contributed by atoms with Crippen LogP contribution in [0.1, 0.15) is 40.4 Å². The molecule has 2 heterocycles. The average Bonchev–Trinajstić information content (AvgIpc) is 2.78. The van der Waals surface area contributed by atoms with Crippen molar-refractivity contribution in [1.82, 2.24) is 19.9 Å². The lowest BCUT2D eigenvalue weighted by Crippen LogP contribution is -2.33. The molecule has 4 aromatic rings. The molecule has 10 heteroatoms. The van der Waals surface area contributed by atoms with Crippen LogP contribution in [0.4, 0.5) is 19.0 Å². The molecule has 4 rings (SSSR count). The van der Waals surface area contributed by atoms with Gasteiger partial charge >= 0.3 is 6.18 Å². The van der Waals surface area contributed by atoms with E-state index in [0.29, 0.717) is 11.4 Å². The Labute approximate surface area is 192 Å². The monoisotopic (exact) mass is 467 g/mol. The maximum Gasteiger partial charge on any atom is 0.417 e. The third-order valence-corrected chi connectivity index (χ3v) is 5.32. The maximum absolute atomic E-state index is 13.7. The van der Waals surface area contributed by atoms with Crippen molar-refractivity contribution < 1.29 is 18.0 Å². The molecule has 0 bridgehead atoms. The van der Waals surface area contributed by atoms with E-state index in [1.54, 1.807) is 44.2 Å². The number of nitrogens with zero attached hydrogens (tertiary/aromatic N) is 3. The first-order valence-electron chi connectivity index (χ1n) is 10.3. The second-order valence-electron chi connectivity index (χ2n) is 7.75. The van der Waals surface area contributed by atoms with Crippen molar-refractivity contribution in [3.8, 4) is 5.69 Å². The third kappa shape index (κ3) is 4.21. The van der Waals surface area contributed by atoms with Crippen LogP contribution in [0.15, 0.2) is 65.6 Å². The number of carbonyl (C=O) groups is 1. The zero-order valence-corrected chi connectivity index (χ0v) is 18.2. The predicted molar refractivity (Wildman–Crippen MR) is 122 cm³/mol. The van der Waals surface area contributed by atoms with E-state index in [1.807, 2.05) is 0 Å². The number of aromatic nitrogens is 3. The fourth-order valence-corrected chi connectivity index (χ4v) is 3.79. The number of nitrogen functional groups attached to an aromatic ring is 1. The zero-order valence-electron chi connectivity index (χ0n) is 18.2. The summed E-state index contributed by atoms with van der Waals surface area (Å²) in [5.74, 6) is -0.688. The van der Waals surface area contributed by atoms with E-state index in [2.05, 4.69) is 15.3 Å². The SMILES string of the molecule is Cc1cnc(C(=O)N[C@@H](C)c2cc3cccc(C(F)(F)F)c3c(=O)n2-c2ccccc2)c(N)n1. The first-order chi connectivity index (χ1) is 16.1. The van der Waals surface area contributed by atoms with E-state index in [1.165, 1.54) is 29.0 Å². The number of pyridine rings is 1. The van der Waals surface area contributed by atoms with Crippen molar-refractivity contribution in [2.75, 3.05) is 5.73 Å². The highest BCUT2D eigenvalue weighted by atomic mass is 19.4. The van der Waals surface area contributed by atoms with Gasteiger partial charge in [-0.25, -0.2) is 9.97 Å². The van der Waals surface area contributed by atoms with E-state index in [0.717, 1.165) is 6.07 Å². The van der Waals surface area contributed by atoms with Crippen LogP contribution >= 0.6 is 0 Å². The summed E-state index contributed by atoms with van der Waals surface area (Å²) in [7, 11) is 0. The molecule has 3 N–H and O–H groups in total. The second-order valence-corrected chi connectivity index (χ2v) is 7.75. The second kappa shape index (κ2) is 8.62. The highest BCUT2D eigenvalue weighted by molar-refractivity contribution is 5.96. The molecule has 34 heavy (non-hydrogen) atoms. The number of benzene rings is 2. The molecule has 1 amide bonds. The van der Waals surface area contributed by atoms with Gasteiger partial charge in [-0.05, 0) is 43.5 Å². The Bertz CT molecular complexity index is 1450. The lowest BCUT2D eigenvalue weighted by Gasteiger charge is -2.22. The predicted octanol–water partition coefficient (Wildman–Crippen LogP) is 4.18. The van der Waals surface area contributed by atoms with E-state index in [4.69, 9.17) is 5.73 Å². The number of alkyl halides is 3. The number of hydrogen-bond donors (Lipinski definition) is 2. The van der Waals surface area contributed by atoms with Gasteiger partial charge < -0.3 is 11.1 Å². The lowest BCUT2D eigenvalue weighted by molar-refractivity contribution is -0.136. The first kappa shape index (κ1) is 23.0. The summed E-state index contributed by atoms with van der Waals surface area (Å²) in [6, 6.07) is 12.5. The molecule has 2 aromatic heterocycles. The Morgan fingerprint density at radius 2 is 1.82 bits per heavy atom. The van der Waals surface area contributed by atoms with Crippen molar-refractivity contribution in [1.29, 1.82) is 0 Å². The standard InChI is InChI=1S/C24H20F3N5O2/c1-13-12-29-20(21(28)30-13)22(33)31-14(2)18-11-15-7-6-10-17(24(25,26)27)19(15)23(34)32(18)16-8-4-3-5-9-16/h3-12,14H,1-2H3,(H2,28,30)(H,31,33)/t14-/m0/s1. The van der Waals surface area contributed by atoms with Crippen LogP contribution < -0.4 is 16.6 Å². The minimum Gasteiger partial charge on any atom is -0.382 e. The van der Waals surface area contributed by atoms with Crippen LogP contribution in [0.25, 0.3) is 16.5 Å². The summed E-state index contributed by atoms with van der Waals surface area (Å²) < 4.78 is 42.2. The number of nitrogens with one attached hydrogen (secondary N) is 1. The highest BCUT2D eigenvalue weighted by Gasteiger charge is 2.34. The summed E-state index contributed by atoms with van der Waals surface area (Å²) in [5.41, 5.74) is 5.04. The van der Waals surface area contributed by atoms with Gasteiger partial charge in [0.05, 0.1) is 22.7 Å². The third-order valence-electron chi connectivity index (χ3n) is 5.32. The number of aryl methyl sites for hydroxylation is 1. The van der Waals surface area contributed by atoms with Gasteiger partial charge in [0.1, 0.15) is 0 Å². The van der Waals surface area contributed by atoms with Gasteiger partial charge in [-0.3, -0.25) is 14.2 Å². The number of amides is 1. The van der Waals surface area contributed by atoms with Crippen molar-refractivity contribution in [3.63, 3.8) is 0 Å². The summed E-state index contributed by atoms with van der Waals surface area (Å²) in [4.78, 5) is 34.3. The number of fused-ring (bicyclic) bond motifs is 1. The highest BCUT2D eigenvalue weighted by Crippen LogP contribution is 2.34. The normalized spacial score (nSPS) is 12.5. The van der Waals surface area contributed by atoms with Gasteiger partial charge in [-0.2, -0.15) is 13.2 Å². The number of hydrogen-bond acceptors (Lipinski definition) is 5. The number of rotatable bonds is 4. The van der Waals surface area contributed by atoms with Gasteiger partial charge in [-0.15, -0.1) is 0 Å². The molecule has 0 unspecified atom stereocenters. The maximum atomic E-state index is 13.7. The van der Waals surface area contributed by atoms with Gasteiger partial charge in [0.25, 0.3) is 11.5 Å². The molecular formula is C24H20F3N5O2. The molecule has 2 aromatic carbocycles. The first-order valence-corrected chi connectivity index (χ1v) is 10.3. The molecule has 0 saturated carbocycles. The fraction of sp³-hybridized carbons (Fsp3) is 0.167. The van der Waals surface area contributed by atoms with Crippen LogP contribution in [0.2, 0.25) is 0 Å². The summed E-state index contributed by atoms with van der Waals surface area (Å²) in [6.07, 6.45) is -3.32. The molecule has 7 nitrogen and oxygen atoms in total. The average molecular weight is 467 g/mol. The smallest absolute Gasteiger partial charge is 0.382 e. The van der Waals surface area contributed by atoms with Gasteiger partial charge in [-0.1, -0.05) is 30.3 Å². The van der Waals surface area contributed by atoms with E-state index < -0.39 is 34.6 Å². The lowest BCUT2D eigenvalue weighted by atomic mass is 10.0. The van der Waals surface area contributed by atoms with Crippen LogP contribution in [-0.2, 0) is 6.18 Å². The summed E-state index contributed by atoms with van der Waals surface area (Å²) in [5, 5.41) is 2.38. The number of para-hydroxylation sites is 1. The van der Waals surface area contributed by atoms with Crippen molar-refractivity contribution >= 4 is 22.5 Å². The molecule has 174 valence electrons. The van der Waals surface area contributed by atoms with E-state index >= 15 is 0 Å². The number of anilines is 1. The molecule has 0 aliphatic rings. The molecule has 0 aliphatic carbocycles. The van der Waals surface area contributed by atoms with Crippen LogP contribution in [0.3, 0.4) is 0 Å².